The van der Waals surface area contributed by atoms with Crippen LogP contribution in [-0.2, 0) is 0 Å². The maximum atomic E-state index is 12.6. The normalized spacial score (nSPS) is 14.0. The summed E-state index contributed by atoms with van der Waals surface area (Å²) < 4.78 is 13.9. The number of amides is 1. The zero-order chi connectivity index (χ0) is 20.1. The van der Waals surface area contributed by atoms with E-state index in [4.69, 9.17) is 9.47 Å². The molecule has 1 amide bonds. The number of ether oxygens (including phenoxy) is 2. The van der Waals surface area contributed by atoms with Gasteiger partial charge in [-0.15, -0.1) is 0 Å². The molecule has 0 aliphatic carbocycles. The van der Waals surface area contributed by atoms with Gasteiger partial charge in [0, 0.05) is 43.8 Å². The largest absolute Gasteiger partial charge is 0.495 e. The molecule has 1 aliphatic heterocycles. The lowest BCUT2D eigenvalue weighted by molar-refractivity contribution is 0.219. The van der Waals surface area contributed by atoms with Crippen molar-refractivity contribution < 1.29 is 14.3 Å². The highest BCUT2D eigenvalue weighted by Crippen LogP contribution is 2.30. The highest BCUT2D eigenvalue weighted by Gasteiger charge is 2.23. The lowest BCUT2D eigenvalue weighted by Gasteiger charge is -2.36. The second-order valence-electron chi connectivity index (χ2n) is 6.56. The van der Waals surface area contributed by atoms with Crippen LogP contribution in [0.1, 0.15) is 11.3 Å². The number of aromatic nitrogens is 1. The average Bonchev–Trinajstić information content (AvgIpc) is 2.74. The van der Waals surface area contributed by atoms with Gasteiger partial charge in [0.25, 0.3) is 0 Å². The Balaban J connectivity index is 1.57. The van der Waals surface area contributed by atoms with Gasteiger partial charge in [-0.25, -0.2) is 4.98 Å². The van der Waals surface area contributed by atoms with E-state index in [0.29, 0.717) is 24.7 Å². The molecule has 150 valence electrons. The van der Waals surface area contributed by atoms with E-state index in [-0.39, 0.29) is 5.24 Å². The van der Waals surface area contributed by atoms with Gasteiger partial charge in [0.1, 0.15) is 11.4 Å². The summed E-state index contributed by atoms with van der Waals surface area (Å²) in [4.78, 5) is 21.1. The lowest BCUT2D eigenvalue weighted by Crippen LogP contribution is -2.48. The number of methoxy groups -OCH3 is 2. The Morgan fingerprint density at radius 3 is 2.50 bits per heavy atom. The number of benzene rings is 1. The van der Waals surface area contributed by atoms with Crippen LogP contribution in [-0.4, -0.2) is 55.5 Å². The molecular weight excluding hydrogens is 376 g/mol. The molecule has 7 nitrogen and oxygen atoms in total. The molecule has 2 heterocycles. The molecule has 0 spiro atoms. The van der Waals surface area contributed by atoms with E-state index in [2.05, 4.69) is 14.6 Å². The highest BCUT2D eigenvalue weighted by molar-refractivity contribution is 8.14. The predicted octanol–water partition coefficient (Wildman–Crippen LogP) is 3.72. The fourth-order valence-electron chi connectivity index (χ4n) is 3.10. The first-order chi connectivity index (χ1) is 13.5. The second kappa shape index (κ2) is 9.05. The van der Waals surface area contributed by atoms with Crippen molar-refractivity contribution in [1.29, 1.82) is 0 Å². The zero-order valence-corrected chi connectivity index (χ0v) is 17.5. The van der Waals surface area contributed by atoms with Gasteiger partial charge < -0.3 is 24.0 Å². The van der Waals surface area contributed by atoms with E-state index >= 15 is 0 Å². The van der Waals surface area contributed by atoms with Gasteiger partial charge in [0.2, 0.25) is 5.88 Å². The number of rotatable bonds is 5. The van der Waals surface area contributed by atoms with Crippen molar-refractivity contribution in [2.24, 2.45) is 0 Å². The molecule has 1 aromatic heterocycles. The van der Waals surface area contributed by atoms with Gasteiger partial charge in [0.05, 0.1) is 19.9 Å². The summed E-state index contributed by atoms with van der Waals surface area (Å²) in [6.07, 6.45) is 0. The Morgan fingerprint density at radius 2 is 1.82 bits per heavy atom. The number of aryl methyl sites for hydroxylation is 2. The molecule has 28 heavy (non-hydrogen) atoms. The summed E-state index contributed by atoms with van der Waals surface area (Å²) in [5.41, 5.74) is 3.72. The Kier molecular flexibility index (Phi) is 6.51. The summed E-state index contributed by atoms with van der Waals surface area (Å²) in [5.74, 6) is 1.34. The Hall–Kier alpha value is -2.61. The monoisotopic (exact) mass is 402 g/mol. The minimum absolute atomic E-state index is 0.0139. The van der Waals surface area contributed by atoms with Gasteiger partial charge in [0.15, 0.2) is 0 Å². The zero-order valence-electron chi connectivity index (χ0n) is 16.7. The summed E-state index contributed by atoms with van der Waals surface area (Å²) in [6, 6.07) is 9.91. The number of anilines is 2. The quantitative estimate of drug-likeness (QED) is 0.765. The van der Waals surface area contributed by atoms with Crippen LogP contribution >= 0.6 is 11.9 Å². The number of hydrogen-bond donors (Lipinski definition) is 1. The van der Waals surface area contributed by atoms with Crippen molar-refractivity contribution in [3.63, 3.8) is 0 Å². The average molecular weight is 403 g/mol. The molecule has 0 unspecified atom stereocenters. The minimum atomic E-state index is -0.0139. The molecule has 0 atom stereocenters. The van der Waals surface area contributed by atoms with E-state index < -0.39 is 0 Å². The van der Waals surface area contributed by atoms with Crippen LogP contribution in [0.5, 0.6) is 11.6 Å². The van der Waals surface area contributed by atoms with Crippen molar-refractivity contribution in [2.45, 2.75) is 13.8 Å². The molecule has 1 fully saturated rings. The Labute approximate surface area is 170 Å². The summed E-state index contributed by atoms with van der Waals surface area (Å²) in [7, 11) is 3.25. The van der Waals surface area contributed by atoms with Crippen LogP contribution in [0.15, 0.2) is 30.3 Å². The minimum Gasteiger partial charge on any atom is -0.495 e. The van der Waals surface area contributed by atoms with Gasteiger partial charge in [-0.2, -0.15) is 0 Å². The Bertz CT molecular complexity index is 838. The SMILES string of the molecule is COc1ccccc1N1CCN(C(=O)SNc2cc(C)c(C)nc2OC)CC1. The molecule has 1 N–H and O–H groups in total. The molecule has 1 saturated heterocycles. The predicted molar refractivity (Wildman–Crippen MR) is 114 cm³/mol. The van der Waals surface area contributed by atoms with E-state index in [1.165, 1.54) is 0 Å². The van der Waals surface area contributed by atoms with Crippen LogP contribution < -0.4 is 19.1 Å². The van der Waals surface area contributed by atoms with Crippen LogP contribution in [0.4, 0.5) is 16.2 Å². The fraction of sp³-hybridized carbons (Fsp3) is 0.400. The number of para-hydroxylation sites is 2. The number of nitrogens with one attached hydrogen (secondary N) is 1. The molecule has 0 saturated carbocycles. The van der Waals surface area contributed by atoms with Gasteiger partial charge in [-0.3, -0.25) is 4.79 Å². The molecule has 3 rings (SSSR count). The molecule has 2 aromatic rings. The third-order valence-electron chi connectivity index (χ3n) is 4.84. The summed E-state index contributed by atoms with van der Waals surface area (Å²) in [5, 5.41) is -0.0139. The first-order valence-electron chi connectivity index (χ1n) is 9.15. The van der Waals surface area contributed by atoms with Crippen molar-refractivity contribution in [2.75, 3.05) is 50.0 Å². The van der Waals surface area contributed by atoms with Crippen molar-refractivity contribution in [3.05, 3.63) is 41.6 Å². The number of piperazine rings is 1. The number of pyridine rings is 1. The first-order valence-corrected chi connectivity index (χ1v) is 9.97. The molecule has 0 bridgehead atoms. The third kappa shape index (κ3) is 4.44. The second-order valence-corrected chi connectivity index (χ2v) is 7.32. The van der Waals surface area contributed by atoms with Crippen LogP contribution in [0.25, 0.3) is 0 Å². The third-order valence-corrected chi connectivity index (χ3v) is 5.59. The van der Waals surface area contributed by atoms with Gasteiger partial charge in [-0.1, -0.05) is 12.1 Å². The van der Waals surface area contributed by atoms with Crippen molar-refractivity contribution in [1.82, 2.24) is 9.88 Å². The van der Waals surface area contributed by atoms with Crippen LogP contribution in [0.3, 0.4) is 0 Å². The molecular formula is C20H26N4O3S. The Morgan fingerprint density at radius 1 is 1.11 bits per heavy atom. The first kappa shape index (κ1) is 20.1. The van der Waals surface area contributed by atoms with Gasteiger partial charge in [-0.05, 0) is 37.6 Å². The van der Waals surface area contributed by atoms with Crippen molar-refractivity contribution in [3.8, 4) is 11.6 Å². The van der Waals surface area contributed by atoms with E-state index in [1.807, 2.05) is 49.1 Å². The van der Waals surface area contributed by atoms with Gasteiger partial charge >= 0.3 is 5.24 Å². The molecule has 8 heteroatoms. The molecule has 1 aliphatic rings. The van der Waals surface area contributed by atoms with Crippen LogP contribution in [0.2, 0.25) is 0 Å². The highest BCUT2D eigenvalue weighted by atomic mass is 32.2. The van der Waals surface area contributed by atoms with Crippen LogP contribution in [0, 0.1) is 13.8 Å². The number of carbonyl (C=O) groups excluding carboxylic acids is 1. The molecule has 1 aromatic carbocycles. The maximum absolute atomic E-state index is 12.6. The summed E-state index contributed by atoms with van der Waals surface area (Å²) in [6.45, 7) is 6.77. The van der Waals surface area contributed by atoms with Crippen molar-refractivity contribution >= 4 is 28.6 Å². The lowest BCUT2D eigenvalue weighted by atomic mass is 10.2. The number of nitrogens with zero attached hydrogens (tertiary/aromatic N) is 3. The van der Waals surface area contributed by atoms with E-state index in [1.54, 1.807) is 14.2 Å². The summed E-state index contributed by atoms with van der Waals surface area (Å²) >= 11 is 1.06. The van der Waals surface area contributed by atoms with E-state index in [9.17, 15) is 4.79 Å². The van der Waals surface area contributed by atoms with E-state index in [0.717, 1.165) is 47.7 Å². The number of hydrogen-bond acceptors (Lipinski definition) is 7. The topological polar surface area (TPSA) is 66.9 Å². The molecule has 0 radical (unpaired) electrons. The smallest absolute Gasteiger partial charge is 0.302 e. The number of carbonyl (C=O) groups is 1. The fourth-order valence-corrected chi connectivity index (χ4v) is 3.75. The standard InChI is InChI=1S/C20H26N4O3S/c1-14-13-16(19(27-4)21-15(14)2)22-28-20(25)24-11-9-23(10-12-24)17-7-5-6-8-18(17)26-3/h5-8,13,22H,9-12H2,1-4H3. The maximum Gasteiger partial charge on any atom is 0.302 e.